The number of nitro benzene ring substituents is 1. The molecule has 2 heterocycles. The molecule has 0 amide bonds. The predicted octanol–water partition coefficient (Wildman–Crippen LogP) is 3.70. The average molecular weight is 292 g/mol. The third-order valence-electron chi connectivity index (χ3n) is 2.93. The van der Waals surface area contributed by atoms with Crippen LogP contribution in [0.4, 0.5) is 10.1 Å². The Morgan fingerprint density at radius 2 is 2.15 bits per heavy atom. The molecule has 5 nitrogen and oxygen atoms in total. The Labute approximate surface area is 117 Å². The molecular formula is C13H7ClFN3O2. The van der Waals surface area contributed by atoms with Crippen molar-refractivity contribution in [3.05, 3.63) is 63.7 Å². The number of halogens is 2. The molecule has 3 rings (SSSR count). The smallest absolute Gasteiger partial charge is 0.298 e. The second kappa shape index (κ2) is 4.57. The molecule has 0 aliphatic rings. The van der Waals surface area contributed by atoms with Crippen molar-refractivity contribution >= 4 is 22.9 Å². The highest BCUT2D eigenvalue weighted by atomic mass is 35.5. The van der Waals surface area contributed by atoms with E-state index in [-0.39, 0.29) is 0 Å². The molecule has 3 aromatic rings. The largest absolute Gasteiger partial charge is 0.305 e. The van der Waals surface area contributed by atoms with Crippen LogP contribution in [0.25, 0.3) is 16.9 Å². The van der Waals surface area contributed by atoms with Crippen LogP contribution in [-0.2, 0) is 0 Å². The molecule has 0 aliphatic carbocycles. The lowest BCUT2D eigenvalue weighted by Crippen LogP contribution is -1.94. The van der Waals surface area contributed by atoms with E-state index in [1.165, 1.54) is 18.3 Å². The number of rotatable bonds is 2. The van der Waals surface area contributed by atoms with E-state index in [0.717, 1.165) is 6.07 Å². The van der Waals surface area contributed by atoms with E-state index < -0.39 is 16.4 Å². The van der Waals surface area contributed by atoms with Crippen LogP contribution in [0.3, 0.4) is 0 Å². The highest BCUT2D eigenvalue weighted by molar-refractivity contribution is 6.33. The lowest BCUT2D eigenvalue weighted by Gasteiger charge is -2.03. The molecule has 0 aliphatic heterocycles. The summed E-state index contributed by atoms with van der Waals surface area (Å²) in [6.07, 6.45) is 3.27. The monoisotopic (exact) mass is 291 g/mol. The quantitative estimate of drug-likeness (QED) is 0.534. The first-order valence-corrected chi connectivity index (χ1v) is 6.01. The first kappa shape index (κ1) is 12.6. The molecule has 0 fully saturated rings. The number of benzene rings is 1. The van der Waals surface area contributed by atoms with Crippen molar-refractivity contribution in [3.8, 4) is 11.3 Å². The molecule has 7 heteroatoms. The normalized spacial score (nSPS) is 10.9. The molecule has 0 saturated carbocycles. The fraction of sp³-hybridized carbons (Fsp3) is 0. The third kappa shape index (κ3) is 1.90. The van der Waals surface area contributed by atoms with Crippen LogP contribution < -0.4 is 0 Å². The van der Waals surface area contributed by atoms with Gasteiger partial charge < -0.3 is 0 Å². The first-order chi connectivity index (χ1) is 9.58. The summed E-state index contributed by atoms with van der Waals surface area (Å²) in [5, 5.41) is 11.3. The molecule has 0 unspecified atom stereocenters. The Hall–Kier alpha value is -2.47. The van der Waals surface area contributed by atoms with E-state index in [9.17, 15) is 14.5 Å². The van der Waals surface area contributed by atoms with Crippen molar-refractivity contribution in [3.63, 3.8) is 0 Å². The summed E-state index contributed by atoms with van der Waals surface area (Å²) in [7, 11) is 0. The molecule has 0 saturated heterocycles. The number of hydrogen-bond acceptors (Lipinski definition) is 3. The maximum Gasteiger partial charge on any atom is 0.305 e. The van der Waals surface area contributed by atoms with Crippen LogP contribution in [0.2, 0.25) is 5.02 Å². The van der Waals surface area contributed by atoms with Gasteiger partial charge in [0.15, 0.2) is 5.65 Å². The van der Waals surface area contributed by atoms with Crippen LogP contribution in [0, 0.1) is 15.9 Å². The van der Waals surface area contributed by atoms with Gasteiger partial charge in [-0.15, -0.1) is 0 Å². The van der Waals surface area contributed by atoms with E-state index >= 15 is 0 Å². The predicted molar refractivity (Wildman–Crippen MR) is 72.3 cm³/mol. The Morgan fingerprint density at radius 3 is 2.90 bits per heavy atom. The summed E-state index contributed by atoms with van der Waals surface area (Å²) in [5.41, 5.74) is 1.06. The van der Waals surface area contributed by atoms with Gasteiger partial charge >= 0.3 is 5.69 Å². The van der Waals surface area contributed by atoms with Crippen LogP contribution in [-0.4, -0.2) is 14.3 Å². The number of fused-ring (bicyclic) bond motifs is 1. The zero-order valence-electron chi connectivity index (χ0n) is 9.96. The van der Waals surface area contributed by atoms with Crippen molar-refractivity contribution in [2.75, 3.05) is 0 Å². The summed E-state index contributed by atoms with van der Waals surface area (Å²) in [4.78, 5) is 14.2. The molecular weight excluding hydrogens is 285 g/mol. The fourth-order valence-corrected chi connectivity index (χ4v) is 2.21. The van der Waals surface area contributed by atoms with E-state index in [1.54, 1.807) is 22.7 Å². The molecule has 100 valence electrons. The van der Waals surface area contributed by atoms with Crippen LogP contribution in [0.5, 0.6) is 0 Å². The summed E-state index contributed by atoms with van der Waals surface area (Å²) in [6.45, 7) is 0. The van der Waals surface area contributed by atoms with Gasteiger partial charge in [0.25, 0.3) is 0 Å². The van der Waals surface area contributed by atoms with Crippen molar-refractivity contribution in [2.24, 2.45) is 0 Å². The zero-order chi connectivity index (χ0) is 14.3. The van der Waals surface area contributed by atoms with Crippen molar-refractivity contribution in [2.45, 2.75) is 0 Å². The standard InChI is InChI=1S/C13H7ClFN3O2/c14-9-2-1-5-17-12(7-16-13(9)17)8-3-4-10(15)11(6-8)18(19)20/h1-7H. The van der Waals surface area contributed by atoms with Gasteiger partial charge in [-0.25, -0.2) is 4.98 Å². The molecule has 0 atom stereocenters. The summed E-state index contributed by atoms with van der Waals surface area (Å²) in [6, 6.07) is 7.14. The van der Waals surface area contributed by atoms with E-state index in [2.05, 4.69) is 4.98 Å². The number of imidazole rings is 1. The molecule has 0 spiro atoms. The highest BCUT2D eigenvalue weighted by Gasteiger charge is 2.17. The first-order valence-electron chi connectivity index (χ1n) is 5.64. The van der Waals surface area contributed by atoms with Crippen molar-refractivity contribution in [1.82, 2.24) is 9.38 Å². The summed E-state index contributed by atoms with van der Waals surface area (Å²) < 4.78 is 15.0. The fourth-order valence-electron chi connectivity index (χ4n) is 2.00. The molecule has 0 bridgehead atoms. The maximum atomic E-state index is 13.4. The van der Waals surface area contributed by atoms with Crippen LogP contribution >= 0.6 is 11.6 Å². The van der Waals surface area contributed by atoms with Gasteiger partial charge in [0.2, 0.25) is 5.82 Å². The van der Waals surface area contributed by atoms with Gasteiger partial charge in [0.05, 0.1) is 21.8 Å². The number of nitro groups is 1. The Bertz CT molecular complexity index is 832. The molecule has 0 radical (unpaired) electrons. The lowest BCUT2D eigenvalue weighted by atomic mass is 10.1. The molecule has 0 N–H and O–H groups in total. The van der Waals surface area contributed by atoms with Crippen LogP contribution in [0.15, 0.2) is 42.7 Å². The van der Waals surface area contributed by atoms with Crippen molar-refractivity contribution < 1.29 is 9.31 Å². The van der Waals surface area contributed by atoms with E-state index in [1.807, 2.05) is 0 Å². The zero-order valence-corrected chi connectivity index (χ0v) is 10.7. The van der Waals surface area contributed by atoms with Gasteiger partial charge in [0.1, 0.15) is 0 Å². The van der Waals surface area contributed by atoms with Gasteiger partial charge in [-0.1, -0.05) is 11.6 Å². The number of hydrogen-bond donors (Lipinski definition) is 0. The Morgan fingerprint density at radius 1 is 1.35 bits per heavy atom. The summed E-state index contributed by atoms with van der Waals surface area (Å²) in [5.74, 6) is -0.870. The summed E-state index contributed by atoms with van der Waals surface area (Å²) >= 11 is 6.01. The second-order valence-corrected chi connectivity index (χ2v) is 4.52. The maximum absolute atomic E-state index is 13.4. The minimum Gasteiger partial charge on any atom is -0.298 e. The molecule has 1 aromatic carbocycles. The van der Waals surface area contributed by atoms with Gasteiger partial charge in [0, 0.05) is 17.8 Å². The number of aromatic nitrogens is 2. The Balaban J connectivity index is 2.24. The highest BCUT2D eigenvalue weighted by Crippen LogP contribution is 2.28. The number of pyridine rings is 1. The molecule has 2 aromatic heterocycles. The lowest BCUT2D eigenvalue weighted by molar-refractivity contribution is -0.387. The average Bonchev–Trinajstić information content (AvgIpc) is 2.84. The SMILES string of the molecule is O=[N+]([O-])c1cc(-c2cnc3c(Cl)cccn23)ccc1F. The number of nitrogens with zero attached hydrogens (tertiary/aromatic N) is 3. The third-order valence-corrected chi connectivity index (χ3v) is 3.22. The van der Waals surface area contributed by atoms with Crippen LogP contribution in [0.1, 0.15) is 0 Å². The minimum absolute atomic E-state index is 0.468. The molecule has 20 heavy (non-hydrogen) atoms. The van der Waals surface area contributed by atoms with Gasteiger partial charge in [-0.2, -0.15) is 4.39 Å². The van der Waals surface area contributed by atoms with Gasteiger partial charge in [-0.05, 0) is 24.3 Å². The van der Waals surface area contributed by atoms with Crippen molar-refractivity contribution in [1.29, 1.82) is 0 Å². The van der Waals surface area contributed by atoms with E-state index in [4.69, 9.17) is 11.6 Å². The van der Waals surface area contributed by atoms with Gasteiger partial charge in [-0.3, -0.25) is 14.5 Å². The second-order valence-electron chi connectivity index (χ2n) is 4.12. The minimum atomic E-state index is -0.870. The Kier molecular flexibility index (Phi) is 2.87. The topological polar surface area (TPSA) is 60.4 Å². The van der Waals surface area contributed by atoms with E-state index in [0.29, 0.717) is 21.9 Å².